The second kappa shape index (κ2) is 6.46. The van der Waals surface area contributed by atoms with Gasteiger partial charge in [-0.25, -0.2) is 0 Å². The first kappa shape index (κ1) is 16.2. The summed E-state index contributed by atoms with van der Waals surface area (Å²) >= 11 is 0. The van der Waals surface area contributed by atoms with Crippen molar-refractivity contribution in [1.29, 1.82) is 0 Å². The fourth-order valence-corrected chi connectivity index (χ4v) is 4.99. The van der Waals surface area contributed by atoms with Crippen LogP contribution in [0.2, 0.25) is 0 Å². The molecule has 0 spiro atoms. The SMILES string of the molecule is CC1CCCCC1(C(N)=O)C1CCOC1N1CCN(C)CC1. The number of carbonyl (C=O) groups excluding carboxylic acids is 1. The Morgan fingerprint density at radius 2 is 1.91 bits per heavy atom. The molecule has 4 unspecified atom stereocenters. The molecule has 1 amide bonds. The van der Waals surface area contributed by atoms with Crippen molar-refractivity contribution in [3.05, 3.63) is 0 Å². The second-order valence-electron chi connectivity index (χ2n) is 7.55. The van der Waals surface area contributed by atoms with Crippen LogP contribution in [0.5, 0.6) is 0 Å². The molecule has 0 aromatic rings. The third-order valence-corrected chi connectivity index (χ3v) is 6.44. The third kappa shape index (κ3) is 2.68. The Balaban J connectivity index is 1.82. The quantitative estimate of drug-likeness (QED) is 0.853. The summed E-state index contributed by atoms with van der Waals surface area (Å²) in [5.41, 5.74) is 5.61. The molecule has 0 aromatic carbocycles. The molecule has 22 heavy (non-hydrogen) atoms. The lowest BCUT2D eigenvalue weighted by molar-refractivity contribution is -0.148. The van der Waals surface area contributed by atoms with Crippen molar-refractivity contribution >= 4 is 5.91 Å². The van der Waals surface area contributed by atoms with Crippen molar-refractivity contribution < 1.29 is 9.53 Å². The first-order chi connectivity index (χ1) is 10.6. The lowest BCUT2D eigenvalue weighted by atomic mass is 9.58. The van der Waals surface area contributed by atoms with E-state index >= 15 is 0 Å². The topological polar surface area (TPSA) is 58.8 Å². The van der Waals surface area contributed by atoms with E-state index in [1.165, 1.54) is 6.42 Å². The van der Waals surface area contributed by atoms with Gasteiger partial charge in [0.25, 0.3) is 0 Å². The van der Waals surface area contributed by atoms with Crippen molar-refractivity contribution in [2.75, 3.05) is 39.8 Å². The number of ether oxygens (including phenoxy) is 1. The van der Waals surface area contributed by atoms with Crippen LogP contribution in [0.1, 0.15) is 39.0 Å². The molecule has 2 saturated heterocycles. The Kier molecular flexibility index (Phi) is 4.76. The van der Waals surface area contributed by atoms with Gasteiger partial charge >= 0.3 is 0 Å². The molecule has 126 valence electrons. The predicted octanol–water partition coefficient (Wildman–Crippen LogP) is 1.28. The Labute approximate surface area is 134 Å². The summed E-state index contributed by atoms with van der Waals surface area (Å²) in [5.74, 6) is 0.554. The van der Waals surface area contributed by atoms with Crippen LogP contribution in [-0.4, -0.2) is 61.8 Å². The van der Waals surface area contributed by atoms with Crippen LogP contribution in [0.4, 0.5) is 0 Å². The van der Waals surface area contributed by atoms with Crippen molar-refractivity contribution in [2.45, 2.75) is 45.3 Å². The Hall–Kier alpha value is -0.650. The monoisotopic (exact) mass is 309 g/mol. The minimum absolute atomic E-state index is 0.0850. The van der Waals surface area contributed by atoms with Gasteiger partial charge in [-0.1, -0.05) is 19.8 Å². The molecule has 0 radical (unpaired) electrons. The highest BCUT2D eigenvalue weighted by molar-refractivity contribution is 5.81. The van der Waals surface area contributed by atoms with E-state index in [2.05, 4.69) is 23.8 Å². The van der Waals surface area contributed by atoms with Crippen molar-refractivity contribution in [1.82, 2.24) is 9.80 Å². The van der Waals surface area contributed by atoms with E-state index in [1.807, 2.05) is 0 Å². The maximum atomic E-state index is 12.5. The van der Waals surface area contributed by atoms with Crippen LogP contribution in [0.3, 0.4) is 0 Å². The highest BCUT2D eigenvalue weighted by Gasteiger charge is 2.55. The van der Waals surface area contributed by atoms with Crippen LogP contribution in [0, 0.1) is 17.3 Å². The molecule has 1 aliphatic carbocycles. The molecule has 4 atom stereocenters. The number of likely N-dealkylation sites (N-methyl/N-ethyl adjacent to an activating group) is 1. The van der Waals surface area contributed by atoms with Gasteiger partial charge < -0.3 is 15.4 Å². The average Bonchev–Trinajstić information content (AvgIpc) is 2.98. The van der Waals surface area contributed by atoms with Crippen LogP contribution in [-0.2, 0) is 9.53 Å². The van der Waals surface area contributed by atoms with Crippen molar-refractivity contribution in [3.63, 3.8) is 0 Å². The standard InChI is InChI=1S/C17H31N3O2/c1-13-5-3-4-7-17(13,16(18)21)14-6-12-22-15(14)20-10-8-19(2)9-11-20/h13-15H,3-12H2,1-2H3,(H2,18,21). The van der Waals surface area contributed by atoms with E-state index in [1.54, 1.807) is 0 Å². The molecule has 3 aliphatic rings. The minimum Gasteiger partial charge on any atom is -0.369 e. The summed E-state index contributed by atoms with van der Waals surface area (Å²) in [6, 6.07) is 0. The van der Waals surface area contributed by atoms with Crippen molar-refractivity contribution in [2.24, 2.45) is 23.0 Å². The Morgan fingerprint density at radius 1 is 1.18 bits per heavy atom. The number of amides is 1. The molecular weight excluding hydrogens is 278 g/mol. The molecule has 5 heteroatoms. The molecule has 2 heterocycles. The van der Waals surface area contributed by atoms with E-state index in [0.29, 0.717) is 5.92 Å². The van der Waals surface area contributed by atoms with Gasteiger partial charge in [0.05, 0.1) is 5.41 Å². The molecule has 2 N–H and O–H groups in total. The number of carbonyl (C=O) groups is 1. The largest absolute Gasteiger partial charge is 0.369 e. The van der Waals surface area contributed by atoms with Gasteiger partial charge in [0, 0.05) is 38.7 Å². The second-order valence-corrected chi connectivity index (χ2v) is 7.55. The van der Waals surface area contributed by atoms with Gasteiger partial charge in [-0.3, -0.25) is 9.69 Å². The molecule has 3 rings (SSSR count). The molecule has 1 saturated carbocycles. The Bertz CT molecular complexity index is 409. The van der Waals surface area contributed by atoms with Gasteiger partial charge in [-0.05, 0) is 32.2 Å². The summed E-state index contributed by atoms with van der Waals surface area (Å²) in [7, 11) is 2.17. The molecule has 5 nitrogen and oxygen atoms in total. The lowest BCUT2D eigenvalue weighted by Crippen LogP contribution is -2.57. The van der Waals surface area contributed by atoms with Gasteiger partial charge in [-0.2, -0.15) is 0 Å². The van der Waals surface area contributed by atoms with Crippen LogP contribution in [0.15, 0.2) is 0 Å². The van der Waals surface area contributed by atoms with E-state index < -0.39 is 0 Å². The number of rotatable bonds is 3. The summed E-state index contributed by atoms with van der Waals surface area (Å²) < 4.78 is 6.12. The minimum atomic E-state index is -0.358. The first-order valence-corrected chi connectivity index (χ1v) is 8.90. The highest BCUT2D eigenvalue weighted by Crippen LogP contribution is 2.51. The summed E-state index contributed by atoms with van der Waals surface area (Å²) in [6.07, 6.45) is 5.48. The molecule has 0 bridgehead atoms. The van der Waals surface area contributed by atoms with Gasteiger partial charge in [0.1, 0.15) is 6.23 Å². The summed E-state index contributed by atoms with van der Waals surface area (Å²) in [4.78, 5) is 17.3. The number of nitrogens with two attached hydrogens (primary N) is 1. The number of piperazine rings is 1. The van der Waals surface area contributed by atoms with Gasteiger partial charge in [0.2, 0.25) is 5.91 Å². The first-order valence-electron chi connectivity index (χ1n) is 8.90. The number of hydrogen-bond acceptors (Lipinski definition) is 4. The van der Waals surface area contributed by atoms with E-state index in [4.69, 9.17) is 10.5 Å². The fourth-order valence-electron chi connectivity index (χ4n) is 4.99. The summed E-state index contributed by atoms with van der Waals surface area (Å²) in [6.45, 7) is 7.20. The van der Waals surface area contributed by atoms with E-state index in [0.717, 1.165) is 58.5 Å². The average molecular weight is 309 g/mol. The zero-order chi connectivity index (χ0) is 15.7. The smallest absolute Gasteiger partial charge is 0.224 e. The van der Waals surface area contributed by atoms with Crippen LogP contribution in [0.25, 0.3) is 0 Å². The summed E-state index contributed by atoms with van der Waals surface area (Å²) in [5, 5.41) is 0. The molecule has 3 fully saturated rings. The fraction of sp³-hybridized carbons (Fsp3) is 0.941. The maximum absolute atomic E-state index is 12.5. The van der Waals surface area contributed by atoms with E-state index in [9.17, 15) is 4.79 Å². The van der Waals surface area contributed by atoms with Crippen molar-refractivity contribution in [3.8, 4) is 0 Å². The molecule has 2 aliphatic heterocycles. The predicted molar refractivity (Wildman–Crippen MR) is 86.2 cm³/mol. The van der Waals surface area contributed by atoms with Crippen LogP contribution >= 0.6 is 0 Å². The molecule has 0 aromatic heterocycles. The van der Waals surface area contributed by atoms with Crippen LogP contribution < -0.4 is 5.73 Å². The molecular formula is C17H31N3O2. The zero-order valence-corrected chi connectivity index (χ0v) is 14.1. The van der Waals surface area contributed by atoms with Gasteiger partial charge in [-0.15, -0.1) is 0 Å². The maximum Gasteiger partial charge on any atom is 0.224 e. The van der Waals surface area contributed by atoms with E-state index in [-0.39, 0.29) is 23.5 Å². The highest BCUT2D eigenvalue weighted by atomic mass is 16.5. The zero-order valence-electron chi connectivity index (χ0n) is 14.1. The number of primary amides is 1. The lowest BCUT2D eigenvalue weighted by Gasteiger charge is -2.48. The van der Waals surface area contributed by atoms with Gasteiger partial charge in [0.15, 0.2) is 0 Å². The number of hydrogen-bond donors (Lipinski definition) is 1. The third-order valence-electron chi connectivity index (χ3n) is 6.44. The number of nitrogens with zero attached hydrogens (tertiary/aromatic N) is 2. The Morgan fingerprint density at radius 3 is 2.55 bits per heavy atom. The normalized spacial score (nSPS) is 41.6.